The molecular weight excluding hydrogens is 354 g/mol. The summed E-state index contributed by atoms with van der Waals surface area (Å²) in [5.41, 5.74) is 1.31. The van der Waals surface area contributed by atoms with E-state index in [4.69, 9.17) is 11.6 Å². The fraction of sp³-hybridized carbons (Fsp3) is 0.235. The molecule has 2 rings (SSSR count). The van der Waals surface area contributed by atoms with E-state index < -0.39 is 5.76 Å². The van der Waals surface area contributed by atoms with Crippen molar-refractivity contribution < 1.29 is 13.6 Å². The van der Waals surface area contributed by atoms with Crippen LogP contribution in [0, 0.1) is 0 Å². The zero-order valence-electron chi connectivity index (χ0n) is 13.0. The molecule has 128 valence electrons. The van der Waals surface area contributed by atoms with Crippen molar-refractivity contribution in [3.05, 3.63) is 59.1 Å². The third-order valence-electron chi connectivity index (χ3n) is 3.19. The van der Waals surface area contributed by atoms with E-state index in [9.17, 15) is 13.6 Å². The quantitative estimate of drug-likeness (QED) is 0.715. The van der Waals surface area contributed by atoms with Crippen molar-refractivity contribution in [2.45, 2.75) is 17.2 Å². The van der Waals surface area contributed by atoms with Gasteiger partial charge in [0.15, 0.2) is 0 Å². The molecule has 7 heteroatoms. The van der Waals surface area contributed by atoms with Gasteiger partial charge in [-0.3, -0.25) is 9.69 Å². The Bertz CT molecular complexity index is 700. The van der Waals surface area contributed by atoms with E-state index in [0.717, 1.165) is 5.56 Å². The van der Waals surface area contributed by atoms with Gasteiger partial charge in [-0.05, 0) is 30.8 Å². The van der Waals surface area contributed by atoms with E-state index in [1.165, 1.54) is 0 Å². The first-order chi connectivity index (χ1) is 11.5. The minimum atomic E-state index is -2.54. The SMILES string of the molecule is CN(CC(=O)Nc1ccccc1SC(F)F)Cc1ccccc1Cl. The first-order valence-corrected chi connectivity index (χ1v) is 8.47. The van der Waals surface area contributed by atoms with E-state index in [1.54, 1.807) is 42.3 Å². The third-order valence-corrected chi connectivity index (χ3v) is 4.35. The summed E-state index contributed by atoms with van der Waals surface area (Å²) >= 11 is 6.51. The molecule has 0 aromatic heterocycles. The number of likely N-dealkylation sites (N-methyl/N-ethyl adjacent to an activating group) is 1. The fourth-order valence-corrected chi connectivity index (χ4v) is 2.97. The molecular formula is C17H17ClF2N2OS. The second-order valence-corrected chi connectivity index (χ2v) is 6.63. The molecule has 3 nitrogen and oxygen atoms in total. The maximum atomic E-state index is 12.6. The third kappa shape index (κ3) is 5.78. The van der Waals surface area contributed by atoms with Crippen molar-refractivity contribution in [3.8, 4) is 0 Å². The van der Waals surface area contributed by atoms with Gasteiger partial charge in [0.2, 0.25) is 5.91 Å². The monoisotopic (exact) mass is 370 g/mol. The zero-order chi connectivity index (χ0) is 17.5. The Hall–Kier alpha value is -1.63. The van der Waals surface area contributed by atoms with Crippen LogP contribution in [0.2, 0.25) is 5.02 Å². The molecule has 0 heterocycles. The van der Waals surface area contributed by atoms with Gasteiger partial charge < -0.3 is 5.32 Å². The molecule has 0 aliphatic rings. The highest BCUT2D eigenvalue weighted by atomic mass is 35.5. The number of anilines is 1. The molecule has 0 unspecified atom stereocenters. The Morgan fingerprint density at radius 2 is 1.88 bits per heavy atom. The Morgan fingerprint density at radius 1 is 1.21 bits per heavy atom. The first-order valence-electron chi connectivity index (χ1n) is 7.21. The highest BCUT2D eigenvalue weighted by Crippen LogP contribution is 2.31. The number of benzene rings is 2. The van der Waals surface area contributed by atoms with Gasteiger partial charge in [0, 0.05) is 16.5 Å². The Labute approximate surface area is 149 Å². The van der Waals surface area contributed by atoms with Crippen molar-refractivity contribution in [1.29, 1.82) is 0 Å². The van der Waals surface area contributed by atoms with Crippen LogP contribution in [-0.4, -0.2) is 30.2 Å². The van der Waals surface area contributed by atoms with E-state index in [0.29, 0.717) is 33.9 Å². The van der Waals surface area contributed by atoms with Gasteiger partial charge in [-0.15, -0.1) is 0 Å². The average Bonchev–Trinajstić information content (AvgIpc) is 2.51. The van der Waals surface area contributed by atoms with Gasteiger partial charge >= 0.3 is 0 Å². The summed E-state index contributed by atoms with van der Waals surface area (Å²) in [4.78, 5) is 14.3. The molecule has 0 bridgehead atoms. The van der Waals surface area contributed by atoms with Gasteiger partial charge in [0.05, 0.1) is 12.2 Å². The average molecular weight is 371 g/mol. The van der Waals surface area contributed by atoms with Gasteiger partial charge in [-0.25, -0.2) is 0 Å². The van der Waals surface area contributed by atoms with Gasteiger partial charge in [0.25, 0.3) is 5.76 Å². The van der Waals surface area contributed by atoms with Gasteiger partial charge in [-0.2, -0.15) is 8.78 Å². The molecule has 0 atom stereocenters. The Balaban J connectivity index is 1.95. The number of para-hydroxylation sites is 1. The molecule has 0 aliphatic carbocycles. The van der Waals surface area contributed by atoms with Crippen molar-refractivity contribution in [2.75, 3.05) is 18.9 Å². The summed E-state index contributed by atoms with van der Waals surface area (Å²) < 4.78 is 25.1. The number of nitrogens with one attached hydrogen (secondary N) is 1. The summed E-state index contributed by atoms with van der Waals surface area (Å²) in [6.45, 7) is 0.638. The lowest BCUT2D eigenvalue weighted by atomic mass is 10.2. The van der Waals surface area contributed by atoms with Crippen molar-refractivity contribution in [1.82, 2.24) is 4.90 Å². The summed E-state index contributed by atoms with van der Waals surface area (Å²) in [7, 11) is 1.79. The molecule has 0 spiro atoms. The molecule has 2 aromatic rings. The maximum Gasteiger partial charge on any atom is 0.288 e. The number of amides is 1. The van der Waals surface area contributed by atoms with Crippen molar-refractivity contribution in [3.63, 3.8) is 0 Å². The number of alkyl halides is 2. The van der Waals surface area contributed by atoms with Crippen LogP contribution in [0.15, 0.2) is 53.4 Å². The number of hydrogen-bond donors (Lipinski definition) is 1. The van der Waals surface area contributed by atoms with Gasteiger partial charge in [-0.1, -0.05) is 53.7 Å². The van der Waals surface area contributed by atoms with Crippen LogP contribution < -0.4 is 5.32 Å². The molecule has 0 fully saturated rings. The van der Waals surface area contributed by atoms with Crippen LogP contribution in [0.5, 0.6) is 0 Å². The first kappa shape index (κ1) is 18.7. The number of carbonyl (C=O) groups excluding carboxylic acids is 1. The van der Waals surface area contributed by atoms with Gasteiger partial charge in [0.1, 0.15) is 0 Å². The lowest BCUT2D eigenvalue weighted by molar-refractivity contribution is -0.117. The molecule has 0 saturated heterocycles. The second-order valence-electron chi connectivity index (χ2n) is 5.19. The normalized spacial score (nSPS) is 11.1. The van der Waals surface area contributed by atoms with Crippen LogP contribution in [-0.2, 0) is 11.3 Å². The number of thioether (sulfide) groups is 1. The van der Waals surface area contributed by atoms with Crippen LogP contribution >= 0.6 is 23.4 Å². The predicted molar refractivity (Wildman–Crippen MR) is 94.7 cm³/mol. The molecule has 24 heavy (non-hydrogen) atoms. The van der Waals surface area contributed by atoms with Crippen LogP contribution in [0.1, 0.15) is 5.56 Å². The fourth-order valence-electron chi connectivity index (χ4n) is 2.18. The largest absolute Gasteiger partial charge is 0.324 e. The number of carbonyl (C=O) groups is 1. The molecule has 1 N–H and O–H groups in total. The second kappa shape index (κ2) is 9.01. The lowest BCUT2D eigenvalue weighted by Crippen LogP contribution is -2.30. The van der Waals surface area contributed by atoms with Crippen molar-refractivity contribution in [2.24, 2.45) is 0 Å². The standard InChI is InChI=1S/C17H17ClF2N2OS/c1-22(10-12-6-2-3-7-13(12)18)11-16(23)21-14-8-4-5-9-15(14)24-17(19)20/h2-9,17H,10-11H2,1H3,(H,21,23). The summed E-state index contributed by atoms with van der Waals surface area (Å²) in [5.74, 6) is -2.81. The number of halogens is 3. The lowest BCUT2D eigenvalue weighted by Gasteiger charge is -2.18. The Morgan fingerprint density at radius 3 is 2.58 bits per heavy atom. The molecule has 0 aliphatic heterocycles. The molecule has 1 amide bonds. The zero-order valence-corrected chi connectivity index (χ0v) is 14.6. The van der Waals surface area contributed by atoms with E-state index in [2.05, 4.69) is 5.32 Å². The molecule has 2 aromatic carbocycles. The minimum Gasteiger partial charge on any atom is -0.324 e. The topological polar surface area (TPSA) is 32.3 Å². The van der Waals surface area contributed by atoms with E-state index in [-0.39, 0.29) is 12.5 Å². The van der Waals surface area contributed by atoms with Crippen LogP contribution in [0.25, 0.3) is 0 Å². The number of rotatable bonds is 7. The van der Waals surface area contributed by atoms with Crippen LogP contribution in [0.3, 0.4) is 0 Å². The molecule has 0 radical (unpaired) electrons. The number of hydrogen-bond acceptors (Lipinski definition) is 3. The Kier molecular flexibility index (Phi) is 7.02. The predicted octanol–water partition coefficient (Wildman–Crippen LogP) is 4.73. The van der Waals surface area contributed by atoms with Crippen molar-refractivity contribution >= 4 is 35.0 Å². The summed E-state index contributed by atoms with van der Waals surface area (Å²) in [6, 6.07) is 13.9. The van der Waals surface area contributed by atoms with Crippen LogP contribution in [0.4, 0.5) is 14.5 Å². The smallest absolute Gasteiger partial charge is 0.288 e. The molecule has 0 saturated carbocycles. The number of nitrogens with zero attached hydrogens (tertiary/aromatic N) is 1. The minimum absolute atomic E-state index is 0.124. The highest BCUT2D eigenvalue weighted by Gasteiger charge is 2.13. The maximum absolute atomic E-state index is 12.6. The highest BCUT2D eigenvalue weighted by molar-refractivity contribution is 7.99. The van der Waals surface area contributed by atoms with E-state index in [1.807, 2.05) is 18.2 Å². The summed E-state index contributed by atoms with van der Waals surface area (Å²) in [6.07, 6.45) is 0. The summed E-state index contributed by atoms with van der Waals surface area (Å²) in [5, 5.41) is 3.32. The van der Waals surface area contributed by atoms with E-state index >= 15 is 0 Å².